The van der Waals surface area contributed by atoms with E-state index in [0.29, 0.717) is 0 Å². The van der Waals surface area contributed by atoms with Crippen molar-refractivity contribution in [3.05, 3.63) is 0 Å². The van der Waals surface area contributed by atoms with Crippen LogP contribution in [0.5, 0.6) is 0 Å². The largest absolute Gasteiger partial charge is 0.316 e. The van der Waals surface area contributed by atoms with Crippen molar-refractivity contribution in [3.8, 4) is 0 Å². The van der Waals surface area contributed by atoms with Gasteiger partial charge in [0.05, 0.1) is 0 Å². The highest BCUT2D eigenvalue weighted by atomic mass is 15.2. The molecule has 0 radical (unpaired) electrons. The van der Waals surface area contributed by atoms with Gasteiger partial charge in [0.1, 0.15) is 0 Å². The van der Waals surface area contributed by atoms with Gasteiger partial charge in [-0.2, -0.15) is 0 Å². The summed E-state index contributed by atoms with van der Waals surface area (Å²) in [4.78, 5) is 2.78. The van der Waals surface area contributed by atoms with Crippen LogP contribution in [0.25, 0.3) is 0 Å². The standard InChI is InChI=1S/C13H24N2/c1-10(11-4-2-3-5-11)15-8-12-6-14-7-13(12)9-15/h10-14H,2-9H2,1H3. The van der Waals surface area contributed by atoms with Crippen LogP contribution in [0, 0.1) is 17.8 Å². The molecule has 0 spiro atoms. The van der Waals surface area contributed by atoms with Crippen LogP contribution in [0.15, 0.2) is 0 Å². The number of fused-ring (bicyclic) bond motifs is 1. The van der Waals surface area contributed by atoms with E-state index in [-0.39, 0.29) is 0 Å². The molecule has 0 aromatic carbocycles. The molecule has 3 unspecified atom stereocenters. The second kappa shape index (κ2) is 4.06. The number of hydrogen-bond acceptors (Lipinski definition) is 2. The molecule has 2 aliphatic heterocycles. The van der Waals surface area contributed by atoms with E-state index in [4.69, 9.17) is 0 Å². The smallest absolute Gasteiger partial charge is 0.00954 e. The Labute approximate surface area is 93.4 Å². The Bertz CT molecular complexity index is 211. The second-order valence-corrected chi connectivity index (χ2v) is 5.92. The Morgan fingerprint density at radius 1 is 1.07 bits per heavy atom. The number of hydrogen-bond donors (Lipinski definition) is 1. The van der Waals surface area contributed by atoms with Crippen molar-refractivity contribution in [1.82, 2.24) is 10.2 Å². The van der Waals surface area contributed by atoms with Crippen LogP contribution >= 0.6 is 0 Å². The zero-order valence-electron chi connectivity index (χ0n) is 9.91. The third-order valence-electron chi connectivity index (χ3n) is 5.08. The molecule has 1 aliphatic carbocycles. The molecule has 15 heavy (non-hydrogen) atoms. The summed E-state index contributed by atoms with van der Waals surface area (Å²) in [6.07, 6.45) is 5.95. The van der Waals surface area contributed by atoms with Gasteiger partial charge in [-0.3, -0.25) is 4.90 Å². The van der Waals surface area contributed by atoms with Crippen LogP contribution in [0.4, 0.5) is 0 Å². The van der Waals surface area contributed by atoms with Gasteiger partial charge in [0.2, 0.25) is 0 Å². The van der Waals surface area contributed by atoms with E-state index in [9.17, 15) is 0 Å². The van der Waals surface area contributed by atoms with E-state index in [2.05, 4.69) is 17.1 Å². The van der Waals surface area contributed by atoms with Crippen LogP contribution in [-0.2, 0) is 0 Å². The van der Waals surface area contributed by atoms with E-state index in [1.807, 2.05) is 0 Å². The molecule has 3 atom stereocenters. The SMILES string of the molecule is CC(C1CCCC1)N1CC2CNCC2C1. The molecule has 1 saturated carbocycles. The van der Waals surface area contributed by atoms with E-state index >= 15 is 0 Å². The molecule has 0 amide bonds. The molecule has 3 aliphatic rings. The van der Waals surface area contributed by atoms with Crippen LogP contribution < -0.4 is 5.32 Å². The molecule has 2 saturated heterocycles. The molecular formula is C13H24N2. The predicted octanol–water partition coefficient (Wildman–Crippen LogP) is 1.72. The third-order valence-corrected chi connectivity index (χ3v) is 5.08. The van der Waals surface area contributed by atoms with Crippen LogP contribution in [0.3, 0.4) is 0 Å². The van der Waals surface area contributed by atoms with E-state index in [1.54, 1.807) is 0 Å². The van der Waals surface area contributed by atoms with Gasteiger partial charge in [-0.1, -0.05) is 12.8 Å². The van der Waals surface area contributed by atoms with E-state index < -0.39 is 0 Å². The van der Waals surface area contributed by atoms with Gasteiger partial charge in [-0.25, -0.2) is 0 Å². The zero-order valence-corrected chi connectivity index (χ0v) is 9.91. The maximum absolute atomic E-state index is 3.53. The lowest BCUT2D eigenvalue weighted by atomic mass is 9.98. The maximum Gasteiger partial charge on any atom is 0.00954 e. The van der Waals surface area contributed by atoms with E-state index in [0.717, 1.165) is 23.8 Å². The van der Waals surface area contributed by atoms with Gasteiger partial charge < -0.3 is 5.32 Å². The van der Waals surface area contributed by atoms with Gasteiger partial charge in [0.15, 0.2) is 0 Å². The van der Waals surface area contributed by atoms with Crippen molar-refractivity contribution in [2.45, 2.75) is 38.6 Å². The lowest BCUT2D eigenvalue weighted by Gasteiger charge is -2.30. The highest BCUT2D eigenvalue weighted by Crippen LogP contribution is 2.34. The first-order chi connectivity index (χ1) is 7.34. The van der Waals surface area contributed by atoms with Crippen molar-refractivity contribution in [3.63, 3.8) is 0 Å². The monoisotopic (exact) mass is 208 g/mol. The lowest BCUT2D eigenvalue weighted by molar-refractivity contribution is 0.179. The Hall–Kier alpha value is -0.0800. The van der Waals surface area contributed by atoms with Crippen LogP contribution in [-0.4, -0.2) is 37.1 Å². The Balaban J connectivity index is 1.59. The fourth-order valence-corrected chi connectivity index (χ4v) is 3.96. The lowest BCUT2D eigenvalue weighted by Crippen LogP contribution is -2.37. The first-order valence-corrected chi connectivity index (χ1v) is 6.79. The van der Waals surface area contributed by atoms with Crippen molar-refractivity contribution < 1.29 is 0 Å². The molecule has 3 fully saturated rings. The molecule has 2 heteroatoms. The molecule has 2 heterocycles. The molecule has 2 nitrogen and oxygen atoms in total. The molecule has 86 valence electrons. The summed E-state index contributed by atoms with van der Waals surface area (Å²) in [6, 6.07) is 0.859. The fourth-order valence-electron chi connectivity index (χ4n) is 3.96. The number of nitrogens with one attached hydrogen (secondary N) is 1. The molecule has 1 N–H and O–H groups in total. The van der Waals surface area contributed by atoms with Crippen LogP contribution in [0.2, 0.25) is 0 Å². The normalized spacial score (nSPS) is 39.8. The fraction of sp³-hybridized carbons (Fsp3) is 1.00. The highest BCUT2D eigenvalue weighted by molar-refractivity contribution is 4.94. The summed E-state index contributed by atoms with van der Waals surface area (Å²) >= 11 is 0. The Morgan fingerprint density at radius 2 is 1.67 bits per heavy atom. The summed E-state index contributed by atoms with van der Waals surface area (Å²) in [5, 5.41) is 3.53. The quantitative estimate of drug-likeness (QED) is 0.743. The van der Waals surface area contributed by atoms with Gasteiger partial charge >= 0.3 is 0 Å². The van der Waals surface area contributed by atoms with Gasteiger partial charge in [-0.05, 0) is 50.6 Å². The van der Waals surface area contributed by atoms with E-state index in [1.165, 1.54) is 51.9 Å². The minimum Gasteiger partial charge on any atom is -0.316 e. The third kappa shape index (κ3) is 1.83. The molecular weight excluding hydrogens is 184 g/mol. The van der Waals surface area contributed by atoms with Crippen molar-refractivity contribution in [1.29, 1.82) is 0 Å². The molecule has 0 aromatic heterocycles. The minimum absolute atomic E-state index is 0.859. The van der Waals surface area contributed by atoms with Crippen molar-refractivity contribution >= 4 is 0 Å². The summed E-state index contributed by atoms with van der Waals surface area (Å²) in [7, 11) is 0. The van der Waals surface area contributed by atoms with Crippen molar-refractivity contribution in [2.75, 3.05) is 26.2 Å². The summed E-state index contributed by atoms with van der Waals surface area (Å²) in [5.74, 6) is 2.94. The number of likely N-dealkylation sites (tertiary alicyclic amines) is 1. The Morgan fingerprint density at radius 3 is 2.27 bits per heavy atom. The molecule has 0 aromatic rings. The predicted molar refractivity (Wildman–Crippen MR) is 62.8 cm³/mol. The molecule has 0 bridgehead atoms. The van der Waals surface area contributed by atoms with Gasteiger partial charge in [0, 0.05) is 19.1 Å². The van der Waals surface area contributed by atoms with Crippen molar-refractivity contribution in [2.24, 2.45) is 17.8 Å². The second-order valence-electron chi connectivity index (χ2n) is 5.92. The minimum atomic E-state index is 0.859. The van der Waals surface area contributed by atoms with Crippen LogP contribution in [0.1, 0.15) is 32.6 Å². The maximum atomic E-state index is 3.53. The highest BCUT2D eigenvalue weighted by Gasteiger charge is 2.39. The number of rotatable bonds is 2. The first-order valence-electron chi connectivity index (χ1n) is 6.79. The van der Waals surface area contributed by atoms with Gasteiger partial charge in [-0.15, -0.1) is 0 Å². The summed E-state index contributed by atoms with van der Waals surface area (Å²) in [6.45, 7) is 7.77. The first kappa shape index (κ1) is 10.1. The zero-order chi connectivity index (χ0) is 10.3. The van der Waals surface area contributed by atoms with Gasteiger partial charge in [0.25, 0.3) is 0 Å². The Kier molecular flexibility index (Phi) is 2.73. The summed E-state index contributed by atoms with van der Waals surface area (Å²) in [5.41, 5.74) is 0. The summed E-state index contributed by atoms with van der Waals surface area (Å²) < 4.78 is 0. The topological polar surface area (TPSA) is 15.3 Å². The average molecular weight is 208 g/mol. The molecule has 3 rings (SSSR count). The average Bonchev–Trinajstić information content (AvgIpc) is 2.92. The number of nitrogens with zero attached hydrogens (tertiary/aromatic N) is 1.